The van der Waals surface area contributed by atoms with Crippen LogP contribution in [0.4, 0.5) is 0 Å². The van der Waals surface area contributed by atoms with Gasteiger partial charge >= 0.3 is 0 Å². The van der Waals surface area contributed by atoms with Crippen molar-refractivity contribution < 1.29 is 14.3 Å². The highest BCUT2D eigenvalue weighted by atomic mass is 16.6. The number of carbonyl (C=O) groups is 1. The Morgan fingerprint density at radius 1 is 0.960 bits per heavy atom. The zero-order chi connectivity index (χ0) is 18.0. The number of benzene rings is 2. The normalized spacial score (nSPS) is 14.3. The number of aryl methyl sites for hydroxylation is 2. The van der Waals surface area contributed by atoms with E-state index in [1.807, 2.05) is 44.2 Å². The van der Waals surface area contributed by atoms with Gasteiger partial charge in [0.05, 0.1) is 6.04 Å². The van der Waals surface area contributed by atoms with Gasteiger partial charge in [-0.15, -0.1) is 0 Å². The first-order valence-electron chi connectivity index (χ1n) is 8.73. The molecule has 0 aromatic heterocycles. The van der Waals surface area contributed by atoms with Crippen LogP contribution in [0.15, 0.2) is 36.4 Å². The van der Waals surface area contributed by atoms with Crippen molar-refractivity contribution in [2.75, 3.05) is 13.2 Å². The lowest BCUT2D eigenvalue weighted by molar-refractivity contribution is 0.0925. The number of fused-ring (bicyclic) bond motifs is 1. The van der Waals surface area contributed by atoms with Crippen molar-refractivity contribution in [3.05, 3.63) is 58.7 Å². The van der Waals surface area contributed by atoms with Crippen LogP contribution in [0.2, 0.25) is 0 Å². The highest BCUT2D eigenvalue weighted by molar-refractivity contribution is 5.94. The molecule has 4 heteroatoms. The third-order valence-electron chi connectivity index (χ3n) is 4.36. The average molecular weight is 339 g/mol. The fourth-order valence-corrected chi connectivity index (χ4v) is 3.22. The molecule has 132 valence electrons. The Morgan fingerprint density at radius 2 is 1.60 bits per heavy atom. The Labute approximate surface area is 149 Å². The van der Waals surface area contributed by atoms with E-state index in [2.05, 4.69) is 25.2 Å². The summed E-state index contributed by atoms with van der Waals surface area (Å²) in [7, 11) is 0. The van der Waals surface area contributed by atoms with Crippen molar-refractivity contribution in [3.63, 3.8) is 0 Å². The van der Waals surface area contributed by atoms with Gasteiger partial charge in [0.25, 0.3) is 5.91 Å². The van der Waals surface area contributed by atoms with Gasteiger partial charge in [-0.25, -0.2) is 0 Å². The van der Waals surface area contributed by atoms with Crippen LogP contribution in [0.3, 0.4) is 0 Å². The Hall–Kier alpha value is -2.49. The Balaban J connectivity index is 1.85. The molecule has 0 fully saturated rings. The predicted octanol–water partition coefficient (Wildman–Crippen LogP) is 4.20. The molecule has 4 nitrogen and oxygen atoms in total. The second-order valence-corrected chi connectivity index (χ2v) is 6.97. The molecule has 0 saturated heterocycles. The summed E-state index contributed by atoms with van der Waals surface area (Å²) in [6.45, 7) is 9.34. The second kappa shape index (κ2) is 7.18. The van der Waals surface area contributed by atoms with Gasteiger partial charge in [-0.1, -0.05) is 37.1 Å². The van der Waals surface area contributed by atoms with E-state index in [0.717, 1.165) is 28.2 Å². The first-order chi connectivity index (χ1) is 11.9. The Morgan fingerprint density at radius 3 is 2.24 bits per heavy atom. The van der Waals surface area contributed by atoms with Crippen molar-refractivity contribution in [2.24, 2.45) is 5.92 Å². The maximum Gasteiger partial charge on any atom is 0.251 e. The lowest BCUT2D eigenvalue weighted by Crippen LogP contribution is -2.32. The second-order valence-electron chi connectivity index (χ2n) is 6.97. The number of hydrogen-bond acceptors (Lipinski definition) is 3. The van der Waals surface area contributed by atoms with Gasteiger partial charge < -0.3 is 14.8 Å². The molecule has 0 bridgehead atoms. The van der Waals surface area contributed by atoms with E-state index in [-0.39, 0.29) is 17.9 Å². The monoisotopic (exact) mass is 339 g/mol. The van der Waals surface area contributed by atoms with E-state index in [1.165, 1.54) is 0 Å². The number of carbonyl (C=O) groups excluding carboxylic acids is 1. The van der Waals surface area contributed by atoms with Crippen LogP contribution in [0, 0.1) is 19.8 Å². The minimum Gasteiger partial charge on any atom is -0.486 e. The van der Waals surface area contributed by atoms with Crippen molar-refractivity contribution in [1.29, 1.82) is 0 Å². The van der Waals surface area contributed by atoms with Crippen LogP contribution in [-0.2, 0) is 0 Å². The van der Waals surface area contributed by atoms with Crippen molar-refractivity contribution >= 4 is 5.91 Å². The zero-order valence-electron chi connectivity index (χ0n) is 15.3. The fourth-order valence-electron chi connectivity index (χ4n) is 3.22. The standard InChI is InChI=1S/C21H25NO3/c1-13(2)20(16-5-6-18-19(12-16)25-8-7-24-18)22-21(23)17-10-14(3)9-15(4)11-17/h5-6,9-13,20H,7-8H2,1-4H3,(H,22,23). The molecule has 2 aromatic rings. The number of amides is 1. The maximum atomic E-state index is 12.8. The van der Waals surface area contributed by atoms with E-state index in [4.69, 9.17) is 9.47 Å². The number of ether oxygens (including phenoxy) is 2. The summed E-state index contributed by atoms with van der Waals surface area (Å²) >= 11 is 0. The molecular weight excluding hydrogens is 314 g/mol. The first-order valence-corrected chi connectivity index (χ1v) is 8.73. The highest BCUT2D eigenvalue weighted by Gasteiger charge is 2.22. The predicted molar refractivity (Wildman–Crippen MR) is 98.4 cm³/mol. The first kappa shape index (κ1) is 17.3. The van der Waals surface area contributed by atoms with Gasteiger partial charge in [0.2, 0.25) is 0 Å². The van der Waals surface area contributed by atoms with E-state index < -0.39 is 0 Å². The van der Waals surface area contributed by atoms with Gasteiger partial charge in [-0.05, 0) is 49.6 Å². The minimum absolute atomic E-state index is 0.0552. The van der Waals surface area contributed by atoms with Gasteiger partial charge in [0.15, 0.2) is 11.5 Å². The fraction of sp³-hybridized carbons (Fsp3) is 0.381. The number of hydrogen-bond donors (Lipinski definition) is 1. The molecule has 1 heterocycles. The van der Waals surface area contributed by atoms with Gasteiger partial charge in [-0.3, -0.25) is 4.79 Å². The largest absolute Gasteiger partial charge is 0.486 e. The minimum atomic E-state index is -0.0934. The van der Waals surface area contributed by atoms with Gasteiger partial charge in [0, 0.05) is 5.56 Å². The van der Waals surface area contributed by atoms with E-state index in [1.54, 1.807) is 0 Å². The molecule has 1 aliphatic rings. The molecule has 1 unspecified atom stereocenters. The summed E-state index contributed by atoms with van der Waals surface area (Å²) in [5.74, 6) is 1.70. The number of rotatable bonds is 4. The quantitative estimate of drug-likeness (QED) is 0.908. The maximum absolute atomic E-state index is 12.8. The summed E-state index contributed by atoms with van der Waals surface area (Å²) in [5.41, 5.74) is 3.90. The molecule has 0 spiro atoms. The van der Waals surface area contributed by atoms with Crippen LogP contribution in [0.5, 0.6) is 11.5 Å². The average Bonchev–Trinajstić information content (AvgIpc) is 2.58. The lowest BCUT2D eigenvalue weighted by atomic mass is 9.95. The molecule has 2 aromatic carbocycles. The van der Waals surface area contributed by atoms with Crippen LogP contribution < -0.4 is 14.8 Å². The van der Waals surface area contributed by atoms with Gasteiger partial charge in [0.1, 0.15) is 13.2 Å². The molecular formula is C21H25NO3. The topological polar surface area (TPSA) is 47.6 Å². The molecule has 0 aliphatic carbocycles. The Bertz CT molecular complexity index is 762. The zero-order valence-corrected chi connectivity index (χ0v) is 15.3. The third kappa shape index (κ3) is 3.95. The van der Waals surface area contributed by atoms with Crippen LogP contribution in [0.25, 0.3) is 0 Å². The molecule has 1 amide bonds. The number of nitrogens with one attached hydrogen (secondary N) is 1. The smallest absolute Gasteiger partial charge is 0.251 e. The summed E-state index contributed by atoms with van der Waals surface area (Å²) < 4.78 is 11.3. The van der Waals surface area contributed by atoms with Crippen LogP contribution in [0.1, 0.15) is 46.9 Å². The molecule has 0 radical (unpaired) electrons. The van der Waals surface area contributed by atoms with Crippen molar-refractivity contribution in [2.45, 2.75) is 33.7 Å². The van der Waals surface area contributed by atoms with E-state index >= 15 is 0 Å². The van der Waals surface area contributed by atoms with Gasteiger partial charge in [-0.2, -0.15) is 0 Å². The van der Waals surface area contributed by atoms with Crippen LogP contribution >= 0.6 is 0 Å². The molecule has 1 aliphatic heterocycles. The molecule has 0 saturated carbocycles. The van der Waals surface area contributed by atoms with E-state index in [0.29, 0.717) is 18.8 Å². The highest BCUT2D eigenvalue weighted by Crippen LogP contribution is 2.34. The molecule has 1 atom stereocenters. The van der Waals surface area contributed by atoms with Crippen molar-refractivity contribution in [1.82, 2.24) is 5.32 Å². The Kier molecular flexibility index (Phi) is 4.98. The SMILES string of the molecule is Cc1cc(C)cc(C(=O)NC(c2ccc3c(c2)OCCO3)C(C)C)c1. The summed E-state index contributed by atoms with van der Waals surface area (Å²) in [5, 5.41) is 3.17. The third-order valence-corrected chi connectivity index (χ3v) is 4.36. The molecule has 1 N–H and O–H groups in total. The molecule has 25 heavy (non-hydrogen) atoms. The van der Waals surface area contributed by atoms with Crippen LogP contribution in [-0.4, -0.2) is 19.1 Å². The van der Waals surface area contributed by atoms with E-state index in [9.17, 15) is 4.79 Å². The molecule has 3 rings (SSSR count). The summed E-state index contributed by atoms with van der Waals surface area (Å²) in [6.07, 6.45) is 0. The summed E-state index contributed by atoms with van der Waals surface area (Å²) in [4.78, 5) is 12.8. The lowest BCUT2D eigenvalue weighted by Gasteiger charge is -2.25. The summed E-state index contributed by atoms with van der Waals surface area (Å²) in [6, 6.07) is 11.7. The van der Waals surface area contributed by atoms with Crippen molar-refractivity contribution in [3.8, 4) is 11.5 Å².